The van der Waals surface area contributed by atoms with Gasteiger partial charge in [0.05, 0.1) is 0 Å². The first-order valence-corrected chi connectivity index (χ1v) is 6.71. The van der Waals surface area contributed by atoms with Crippen LogP contribution in [0.3, 0.4) is 0 Å². The zero-order chi connectivity index (χ0) is 11.8. The van der Waals surface area contributed by atoms with Gasteiger partial charge in [-0.3, -0.25) is 4.79 Å². The zero-order valence-corrected chi connectivity index (χ0v) is 10.8. The quantitative estimate of drug-likeness (QED) is 0.704. The third kappa shape index (κ3) is 4.97. The molecule has 1 atom stereocenters. The van der Waals surface area contributed by atoms with Crippen molar-refractivity contribution >= 4 is 5.91 Å². The SMILES string of the molecule is CCCCCC(=O)N(C)CC1CCCCN1. The number of unbranched alkanes of at least 4 members (excludes halogenated alkanes) is 2. The van der Waals surface area contributed by atoms with Crippen LogP contribution in [0.25, 0.3) is 0 Å². The molecule has 0 aliphatic carbocycles. The minimum absolute atomic E-state index is 0.306. The molecule has 0 bridgehead atoms. The molecule has 0 aromatic heterocycles. The largest absolute Gasteiger partial charge is 0.344 e. The lowest BCUT2D eigenvalue weighted by Gasteiger charge is -2.28. The fourth-order valence-corrected chi connectivity index (χ4v) is 2.23. The van der Waals surface area contributed by atoms with Crippen molar-refractivity contribution in [2.24, 2.45) is 0 Å². The number of amides is 1. The highest BCUT2D eigenvalue weighted by Crippen LogP contribution is 2.09. The minimum Gasteiger partial charge on any atom is -0.344 e. The van der Waals surface area contributed by atoms with E-state index in [1.54, 1.807) is 0 Å². The van der Waals surface area contributed by atoms with Crippen LogP contribution in [-0.2, 0) is 4.79 Å². The molecule has 0 aromatic carbocycles. The van der Waals surface area contributed by atoms with Crippen LogP contribution in [-0.4, -0.2) is 37.0 Å². The van der Waals surface area contributed by atoms with E-state index in [9.17, 15) is 4.79 Å². The van der Waals surface area contributed by atoms with Crippen molar-refractivity contribution in [2.75, 3.05) is 20.1 Å². The third-order valence-electron chi connectivity index (χ3n) is 3.33. The molecule has 1 N–H and O–H groups in total. The summed E-state index contributed by atoms with van der Waals surface area (Å²) >= 11 is 0. The van der Waals surface area contributed by atoms with Gasteiger partial charge in [0.25, 0.3) is 0 Å². The van der Waals surface area contributed by atoms with E-state index < -0.39 is 0 Å². The molecule has 3 heteroatoms. The standard InChI is InChI=1S/C13H26N2O/c1-3-4-5-9-13(16)15(2)11-12-8-6-7-10-14-12/h12,14H,3-11H2,1-2H3. The molecule has 94 valence electrons. The van der Waals surface area contributed by atoms with Crippen molar-refractivity contribution in [3.63, 3.8) is 0 Å². The highest BCUT2D eigenvalue weighted by molar-refractivity contribution is 5.75. The average Bonchev–Trinajstić information content (AvgIpc) is 2.30. The van der Waals surface area contributed by atoms with E-state index in [2.05, 4.69) is 12.2 Å². The predicted octanol–water partition coefficient (Wildman–Crippen LogP) is 2.17. The van der Waals surface area contributed by atoms with Gasteiger partial charge in [0.2, 0.25) is 5.91 Å². The van der Waals surface area contributed by atoms with Crippen molar-refractivity contribution in [3.8, 4) is 0 Å². The summed E-state index contributed by atoms with van der Waals surface area (Å²) in [6, 6.07) is 0.522. The summed E-state index contributed by atoms with van der Waals surface area (Å²) in [4.78, 5) is 13.7. The normalized spacial score (nSPS) is 20.8. The lowest BCUT2D eigenvalue weighted by molar-refractivity contribution is -0.130. The van der Waals surface area contributed by atoms with Crippen molar-refractivity contribution in [1.29, 1.82) is 0 Å². The Morgan fingerprint density at radius 2 is 2.19 bits per heavy atom. The topological polar surface area (TPSA) is 32.3 Å². The molecule has 1 aliphatic rings. The molecule has 1 fully saturated rings. The van der Waals surface area contributed by atoms with Crippen molar-refractivity contribution in [3.05, 3.63) is 0 Å². The molecule has 0 aromatic rings. The molecule has 1 rings (SSSR count). The number of hydrogen-bond donors (Lipinski definition) is 1. The van der Waals surface area contributed by atoms with Gasteiger partial charge in [0.1, 0.15) is 0 Å². The smallest absolute Gasteiger partial charge is 0.222 e. The van der Waals surface area contributed by atoms with Gasteiger partial charge in [0.15, 0.2) is 0 Å². The molecule has 16 heavy (non-hydrogen) atoms. The van der Waals surface area contributed by atoms with E-state index in [4.69, 9.17) is 0 Å². The molecule has 1 heterocycles. The Kier molecular flexibility index (Phi) is 6.46. The fourth-order valence-electron chi connectivity index (χ4n) is 2.23. The van der Waals surface area contributed by atoms with Crippen LogP contribution in [0.5, 0.6) is 0 Å². The number of rotatable bonds is 6. The first-order chi connectivity index (χ1) is 7.74. The molecule has 3 nitrogen and oxygen atoms in total. The molecule has 1 unspecified atom stereocenters. The first kappa shape index (κ1) is 13.5. The predicted molar refractivity (Wildman–Crippen MR) is 67.4 cm³/mol. The van der Waals surface area contributed by atoms with Crippen molar-refractivity contribution in [2.45, 2.75) is 57.9 Å². The van der Waals surface area contributed by atoms with Crippen molar-refractivity contribution in [1.82, 2.24) is 10.2 Å². The lowest BCUT2D eigenvalue weighted by atomic mass is 10.0. The molecule has 0 spiro atoms. The Labute approximate surface area is 99.6 Å². The Balaban J connectivity index is 2.16. The number of carbonyl (C=O) groups is 1. The summed E-state index contributed by atoms with van der Waals surface area (Å²) in [5.41, 5.74) is 0. The summed E-state index contributed by atoms with van der Waals surface area (Å²) in [6.07, 6.45) is 7.91. The Bertz CT molecular complexity index is 200. The second-order valence-corrected chi connectivity index (χ2v) is 4.88. The Hall–Kier alpha value is -0.570. The molecule has 1 saturated heterocycles. The van der Waals surface area contributed by atoms with Gasteiger partial charge >= 0.3 is 0 Å². The van der Waals surface area contributed by atoms with E-state index in [0.29, 0.717) is 11.9 Å². The van der Waals surface area contributed by atoms with E-state index >= 15 is 0 Å². The van der Waals surface area contributed by atoms with Crippen molar-refractivity contribution < 1.29 is 4.79 Å². The van der Waals surface area contributed by atoms with Gasteiger partial charge in [-0.15, -0.1) is 0 Å². The summed E-state index contributed by atoms with van der Waals surface area (Å²) in [7, 11) is 1.94. The molecule has 1 amide bonds. The number of nitrogens with one attached hydrogen (secondary N) is 1. The Morgan fingerprint density at radius 3 is 2.81 bits per heavy atom. The zero-order valence-electron chi connectivity index (χ0n) is 10.8. The maximum Gasteiger partial charge on any atom is 0.222 e. The van der Waals surface area contributed by atoms with Gasteiger partial charge in [0, 0.05) is 26.1 Å². The van der Waals surface area contributed by atoms with Gasteiger partial charge in [-0.2, -0.15) is 0 Å². The van der Waals surface area contributed by atoms with E-state index in [0.717, 1.165) is 25.9 Å². The molecule has 0 radical (unpaired) electrons. The highest BCUT2D eigenvalue weighted by atomic mass is 16.2. The van der Waals surface area contributed by atoms with Crippen LogP contribution in [0.15, 0.2) is 0 Å². The third-order valence-corrected chi connectivity index (χ3v) is 3.33. The van der Waals surface area contributed by atoms with Crippen LogP contribution >= 0.6 is 0 Å². The van der Waals surface area contributed by atoms with E-state index in [1.165, 1.54) is 32.1 Å². The molecular formula is C13H26N2O. The van der Waals surface area contributed by atoms with Crippen LogP contribution in [0.2, 0.25) is 0 Å². The van der Waals surface area contributed by atoms with E-state index in [1.807, 2.05) is 11.9 Å². The van der Waals surface area contributed by atoms with Crippen LogP contribution in [0.1, 0.15) is 51.9 Å². The average molecular weight is 226 g/mol. The number of piperidine rings is 1. The van der Waals surface area contributed by atoms with Gasteiger partial charge in [-0.05, 0) is 25.8 Å². The van der Waals surface area contributed by atoms with Gasteiger partial charge in [-0.1, -0.05) is 26.2 Å². The number of likely N-dealkylation sites (N-methyl/N-ethyl adjacent to an activating group) is 1. The number of hydrogen-bond acceptors (Lipinski definition) is 2. The summed E-state index contributed by atoms with van der Waals surface area (Å²) < 4.78 is 0. The van der Waals surface area contributed by atoms with Crippen LogP contribution in [0, 0.1) is 0 Å². The monoisotopic (exact) mass is 226 g/mol. The number of carbonyl (C=O) groups excluding carboxylic acids is 1. The van der Waals surface area contributed by atoms with E-state index in [-0.39, 0.29) is 0 Å². The summed E-state index contributed by atoms with van der Waals surface area (Å²) in [5.74, 6) is 0.306. The van der Waals surface area contributed by atoms with Gasteiger partial charge in [-0.25, -0.2) is 0 Å². The Morgan fingerprint density at radius 1 is 1.38 bits per heavy atom. The first-order valence-electron chi connectivity index (χ1n) is 6.71. The summed E-state index contributed by atoms with van der Waals surface area (Å²) in [6.45, 7) is 4.16. The van der Waals surface area contributed by atoms with Gasteiger partial charge < -0.3 is 10.2 Å². The molecule has 0 saturated carbocycles. The maximum atomic E-state index is 11.8. The lowest BCUT2D eigenvalue weighted by Crippen LogP contribution is -2.44. The molecule has 1 aliphatic heterocycles. The highest BCUT2D eigenvalue weighted by Gasteiger charge is 2.17. The minimum atomic E-state index is 0.306. The second-order valence-electron chi connectivity index (χ2n) is 4.88. The maximum absolute atomic E-state index is 11.8. The number of nitrogens with zero attached hydrogens (tertiary/aromatic N) is 1. The van der Waals surface area contributed by atoms with Crippen LogP contribution < -0.4 is 5.32 Å². The summed E-state index contributed by atoms with van der Waals surface area (Å²) in [5, 5.41) is 3.48. The van der Waals surface area contributed by atoms with Crippen LogP contribution in [0.4, 0.5) is 0 Å². The fraction of sp³-hybridized carbons (Fsp3) is 0.923. The second kappa shape index (κ2) is 7.66. The molecular weight excluding hydrogens is 200 g/mol.